The van der Waals surface area contributed by atoms with E-state index in [0.717, 1.165) is 6.42 Å². The fourth-order valence-corrected chi connectivity index (χ4v) is 3.69. The summed E-state index contributed by atoms with van der Waals surface area (Å²) in [6.07, 6.45) is 5.32. The molecule has 106 valence electrons. The van der Waals surface area contributed by atoms with E-state index in [2.05, 4.69) is 42.5 Å². The molecule has 4 rings (SSSR count). The average molecular weight is 276 g/mol. The van der Waals surface area contributed by atoms with Gasteiger partial charge in [-0.3, -0.25) is 4.79 Å². The molecule has 1 fully saturated rings. The number of carbonyl (C=O) groups excluding carboxylic acids is 1. The molecule has 0 radical (unpaired) electrons. The van der Waals surface area contributed by atoms with Gasteiger partial charge >= 0.3 is 0 Å². The fourth-order valence-electron chi connectivity index (χ4n) is 3.69. The van der Waals surface area contributed by atoms with Crippen molar-refractivity contribution < 1.29 is 4.79 Å². The van der Waals surface area contributed by atoms with Crippen LogP contribution in [0.1, 0.15) is 41.0 Å². The van der Waals surface area contributed by atoms with Crippen molar-refractivity contribution in [1.29, 1.82) is 0 Å². The van der Waals surface area contributed by atoms with Gasteiger partial charge in [-0.2, -0.15) is 0 Å². The first-order valence-corrected chi connectivity index (χ1v) is 7.99. The summed E-state index contributed by atoms with van der Waals surface area (Å²) < 4.78 is 0. The van der Waals surface area contributed by atoms with Crippen LogP contribution in [0.5, 0.6) is 0 Å². The quantitative estimate of drug-likeness (QED) is 0.822. The lowest BCUT2D eigenvalue weighted by Gasteiger charge is -2.05. The second kappa shape index (κ2) is 5.14. The van der Waals surface area contributed by atoms with Crippen LogP contribution in [0.25, 0.3) is 0 Å². The van der Waals surface area contributed by atoms with Gasteiger partial charge in [-0.25, -0.2) is 0 Å². The third-order valence-electron chi connectivity index (χ3n) is 4.97. The number of hydrogen-bond acceptors (Lipinski definition) is 1. The predicted molar refractivity (Wildman–Crippen MR) is 84.5 cm³/mol. The largest absolute Gasteiger partial charge is 0.299 e. The highest BCUT2D eigenvalue weighted by atomic mass is 16.1. The van der Waals surface area contributed by atoms with Gasteiger partial charge < -0.3 is 0 Å². The van der Waals surface area contributed by atoms with Crippen molar-refractivity contribution in [2.45, 2.75) is 38.0 Å². The molecule has 2 aliphatic carbocycles. The number of Topliss-reactive ketones (excluding diaryl/α,β-unsaturated/α-hetero) is 1. The standard InChI is InChI=1S/C20H20O/c21-20(19-13-18(19)16-5-2-1-3-6-16)12-14-9-10-15-7-4-8-17(15)11-14/h1-3,5-6,9-11,18-19H,4,7-8,12-13H2. The zero-order valence-corrected chi connectivity index (χ0v) is 12.2. The zero-order valence-electron chi connectivity index (χ0n) is 12.2. The van der Waals surface area contributed by atoms with Gasteiger partial charge in [-0.15, -0.1) is 0 Å². The first kappa shape index (κ1) is 12.8. The van der Waals surface area contributed by atoms with Crippen LogP contribution in [-0.4, -0.2) is 5.78 Å². The molecule has 0 bridgehead atoms. The van der Waals surface area contributed by atoms with Crippen molar-refractivity contribution in [2.24, 2.45) is 5.92 Å². The molecule has 0 spiro atoms. The molecule has 0 heterocycles. The van der Waals surface area contributed by atoms with Crippen molar-refractivity contribution in [1.82, 2.24) is 0 Å². The Morgan fingerprint density at radius 2 is 1.81 bits per heavy atom. The lowest BCUT2D eigenvalue weighted by Crippen LogP contribution is -2.06. The second-order valence-corrected chi connectivity index (χ2v) is 6.46. The fraction of sp³-hybridized carbons (Fsp3) is 0.350. The first-order chi connectivity index (χ1) is 10.3. The normalized spacial score (nSPS) is 22.9. The molecule has 1 saturated carbocycles. The zero-order chi connectivity index (χ0) is 14.2. The van der Waals surface area contributed by atoms with Crippen molar-refractivity contribution in [3.05, 3.63) is 70.8 Å². The molecule has 2 aromatic carbocycles. The Balaban J connectivity index is 1.43. The predicted octanol–water partition coefficient (Wildman–Crippen LogP) is 4.09. The van der Waals surface area contributed by atoms with Crippen molar-refractivity contribution in [3.63, 3.8) is 0 Å². The third-order valence-corrected chi connectivity index (χ3v) is 4.97. The molecule has 0 N–H and O–H groups in total. The molecule has 1 heteroatoms. The number of aryl methyl sites for hydroxylation is 2. The summed E-state index contributed by atoms with van der Waals surface area (Å²) in [5.41, 5.74) is 5.49. The SMILES string of the molecule is O=C(Cc1ccc2c(c1)CCC2)C1CC1c1ccccc1. The van der Waals surface area contributed by atoms with Gasteiger partial charge in [0.25, 0.3) is 0 Å². The number of carbonyl (C=O) groups is 1. The maximum absolute atomic E-state index is 12.5. The maximum atomic E-state index is 12.5. The van der Waals surface area contributed by atoms with Crippen LogP contribution in [-0.2, 0) is 24.1 Å². The maximum Gasteiger partial charge on any atom is 0.140 e. The van der Waals surface area contributed by atoms with E-state index in [1.165, 1.54) is 41.5 Å². The van der Waals surface area contributed by atoms with Crippen LogP contribution in [0.4, 0.5) is 0 Å². The van der Waals surface area contributed by atoms with E-state index in [1.807, 2.05) is 6.07 Å². The number of rotatable bonds is 4. The number of ketones is 1. The van der Waals surface area contributed by atoms with E-state index in [1.54, 1.807) is 0 Å². The number of hydrogen-bond donors (Lipinski definition) is 0. The van der Waals surface area contributed by atoms with Crippen LogP contribution >= 0.6 is 0 Å². The smallest absolute Gasteiger partial charge is 0.140 e. The summed E-state index contributed by atoms with van der Waals surface area (Å²) in [7, 11) is 0. The van der Waals surface area contributed by atoms with Crippen LogP contribution < -0.4 is 0 Å². The summed E-state index contributed by atoms with van der Waals surface area (Å²) in [6, 6.07) is 17.1. The van der Waals surface area contributed by atoms with E-state index >= 15 is 0 Å². The topological polar surface area (TPSA) is 17.1 Å². The van der Waals surface area contributed by atoms with Gasteiger partial charge in [0.2, 0.25) is 0 Å². The molecule has 0 amide bonds. The molecule has 0 aliphatic heterocycles. The summed E-state index contributed by atoms with van der Waals surface area (Å²) in [4.78, 5) is 12.5. The van der Waals surface area contributed by atoms with Crippen LogP contribution in [0.2, 0.25) is 0 Å². The Morgan fingerprint density at radius 1 is 1.00 bits per heavy atom. The van der Waals surface area contributed by atoms with Crippen molar-refractivity contribution in [2.75, 3.05) is 0 Å². The van der Waals surface area contributed by atoms with Gasteiger partial charge in [-0.05, 0) is 53.9 Å². The number of fused-ring (bicyclic) bond motifs is 1. The molecular formula is C20H20O. The third kappa shape index (κ3) is 2.53. The summed E-state index contributed by atoms with van der Waals surface area (Å²) in [6.45, 7) is 0. The highest BCUT2D eigenvalue weighted by Gasteiger charge is 2.43. The molecule has 21 heavy (non-hydrogen) atoms. The molecule has 2 unspecified atom stereocenters. The molecule has 1 nitrogen and oxygen atoms in total. The second-order valence-electron chi connectivity index (χ2n) is 6.46. The Hall–Kier alpha value is -1.89. The van der Waals surface area contributed by atoms with Gasteiger partial charge in [0.05, 0.1) is 0 Å². The highest BCUT2D eigenvalue weighted by Crippen LogP contribution is 2.48. The lowest BCUT2D eigenvalue weighted by molar-refractivity contribution is -0.119. The van der Waals surface area contributed by atoms with Crippen LogP contribution in [0, 0.1) is 5.92 Å². The molecule has 0 aromatic heterocycles. The Labute approximate surface area is 126 Å². The van der Waals surface area contributed by atoms with E-state index < -0.39 is 0 Å². The molecule has 0 saturated heterocycles. The van der Waals surface area contributed by atoms with E-state index in [9.17, 15) is 4.79 Å². The molecule has 2 atom stereocenters. The minimum atomic E-state index is 0.251. The van der Waals surface area contributed by atoms with Gasteiger partial charge in [-0.1, -0.05) is 48.5 Å². The van der Waals surface area contributed by atoms with Crippen LogP contribution in [0.15, 0.2) is 48.5 Å². The molecule has 2 aromatic rings. The first-order valence-electron chi connectivity index (χ1n) is 7.99. The van der Waals surface area contributed by atoms with Crippen molar-refractivity contribution in [3.8, 4) is 0 Å². The molecule has 2 aliphatic rings. The van der Waals surface area contributed by atoms with Crippen LogP contribution in [0.3, 0.4) is 0 Å². The average Bonchev–Trinajstić information content (AvgIpc) is 3.19. The highest BCUT2D eigenvalue weighted by molar-refractivity contribution is 5.87. The number of benzene rings is 2. The summed E-state index contributed by atoms with van der Waals surface area (Å²) in [5.74, 6) is 1.13. The summed E-state index contributed by atoms with van der Waals surface area (Å²) in [5, 5.41) is 0. The lowest BCUT2D eigenvalue weighted by atomic mass is 9.99. The monoisotopic (exact) mass is 276 g/mol. The van der Waals surface area contributed by atoms with E-state index in [4.69, 9.17) is 0 Å². The Bertz CT molecular complexity index is 671. The van der Waals surface area contributed by atoms with Crippen molar-refractivity contribution >= 4 is 5.78 Å². The van der Waals surface area contributed by atoms with Gasteiger partial charge in [0.15, 0.2) is 0 Å². The Morgan fingerprint density at radius 3 is 2.67 bits per heavy atom. The van der Waals surface area contributed by atoms with Gasteiger partial charge in [0, 0.05) is 12.3 Å². The van der Waals surface area contributed by atoms with E-state index in [-0.39, 0.29) is 5.92 Å². The minimum absolute atomic E-state index is 0.251. The van der Waals surface area contributed by atoms with Gasteiger partial charge in [0.1, 0.15) is 5.78 Å². The summed E-state index contributed by atoms with van der Waals surface area (Å²) >= 11 is 0. The molecular weight excluding hydrogens is 256 g/mol. The Kier molecular flexibility index (Phi) is 3.14. The van der Waals surface area contributed by atoms with E-state index in [0.29, 0.717) is 18.1 Å². The minimum Gasteiger partial charge on any atom is -0.299 e.